The number of hydrogen-bond donors (Lipinski definition) is 1. The van der Waals surface area contributed by atoms with Gasteiger partial charge >= 0.3 is 0 Å². The molecular formula is C21H16IN3OS. The maximum Gasteiger partial charge on any atom is 0.224 e. The van der Waals surface area contributed by atoms with Crippen LogP contribution >= 0.6 is 33.9 Å². The molecule has 0 bridgehead atoms. The van der Waals surface area contributed by atoms with Crippen LogP contribution in [0.5, 0.6) is 0 Å². The Balaban J connectivity index is 2.05. The Morgan fingerprint density at radius 2 is 1.93 bits per heavy atom. The summed E-state index contributed by atoms with van der Waals surface area (Å²) in [6, 6.07) is 19.8. The molecule has 0 spiro atoms. The van der Waals surface area contributed by atoms with Crippen LogP contribution in [0.2, 0.25) is 0 Å². The van der Waals surface area contributed by atoms with E-state index in [0.717, 1.165) is 14.7 Å². The molecule has 1 amide bonds. The van der Waals surface area contributed by atoms with Gasteiger partial charge in [0.1, 0.15) is 21.8 Å². The Bertz CT molecular complexity index is 1020. The standard InChI is InChI=1S/C21H16IN3OS/c1-2-18(26)24-21-19(15-6-4-3-5-7-15)25-20(27-21)16(13-23)12-14-8-10-17(22)11-9-14/h3-12H,2H2,1H3,(H,24,26). The lowest BCUT2D eigenvalue weighted by Crippen LogP contribution is -2.08. The quantitative estimate of drug-likeness (QED) is 0.366. The number of anilines is 1. The minimum Gasteiger partial charge on any atom is -0.316 e. The number of thiazole rings is 1. The number of allylic oxidation sites excluding steroid dienone is 1. The molecule has 1 heterocycles. The molecule has 0 saturated heterocycles. The molecule has 0 aliphatic rings. The topological polar surface area (TPSA) is 65.8 Å². The molecule has 3 rings (SSSR count). The summed E-state index contributed by atoms with van der Waals surface area (Å²) in [5.41, 5.74) is 2.98. The number of benzene rings is 2. The molecule has 1 aromatic heterocycles. The van der Waals surface area contributed by atoms with Gasteiger partial charge in [-0.2, -0.15) is 5.26 Å². The predicted molar refractivity (Wildman–Crippen MR) is 119 cm³/mol. The van der Waals surface area contributed by atoms with Crippen LogP contribution in [-0.4, -0.2) is 10.9 Å². The SMILES string of the molecule is CCC(=O)Nc1sc(C(C#N)=Cc2ccc(I)cc2)nc1-c1ccccc1. The second-order valence-corrected chi connectivity index (χ2v) is 7.93. The van der Waals surface area contributed by atoms with Crippen LogP contribution in [0.15, 0.2) is 54.6 Å². The number of carbonyl (C=O) groups excluding carboxylic acids is 1. The van der Waals surface area contributed by atoms with Crippen LogP contribution in [0, 0.1) is 14.9 Å². The third kappa shape index (κ3) is 4.81. The maximum absolute atomic E-state index is 11.9. The lowest BCUT2D eigenvalue weighted by Gasteiger charge is -2.03. The van der Waals surface area contributed by atoms with E-state index in [-0.39, 0.29) is 5.91 Å². The molecule has 0 unspecified atom stereocenters. The van der Waals surface area contributed by atoms with Crippen molar-refractivity contribution >= 4 is 56.5 Å². The lowest BCUT2D eigenvalue weighted by atomic mass is 10.1. The molecule has 3 aromatic rings. The first-order chi connectivity index (χ1) is 13.1. The highest BCUT2D eigenvalue weighted by molar-refractivity contribution is 14.1. The molecule has 0 radical (unpaired) electrons. The number of nitrogens with one attached hydrogen (secondary N) is 1. The van der Waals surface area contributed by atoms with Gasteiger partial charge in [-0.05, 0) is 46.4 Å². The number of amides is 1. The highest BCUT2D eigenvalue weighted by Crippen LogP contribution is 2.36. The fraction of sp³-hybridized carbons (Fsp3) is 0.0952. The van der Waals surface area contributed by atoms with E-state index in [4.69, 9.17) is 0 Å². The highest BCUT2D eigenvalue weighted by Gasteiger charge is 2.17. The van der Waals surface area contributed by atoms with E-state index in [1.54, 1.807) is 6.92 Å². The van der Waals surface area contributed by atoms with Crippen LogP contribution in [0.25, 0.3) is 22.9 Å². The molecule has 0 fully saturated rings. The third-order valence-corrected chi connectivity index (χ3v) is 5.50. The van der Waals surface area contributed by atoms with Crippen molar-refractivity contribution in [2.24, 2.45) is 0 Å². The maximum atomic E-state index is 11.9. The molecule has 2 aromatic carbocycles. The fourth-order valence-electron chi connectivity index (χ4n) is 2.39. The van der Waals surface area contributed by atoms with E-state index in [1.165, 1.54) is 11.3 Å². The van der Waals surface area contributed by atoms with Crippen molar-refractivity contribution in [3.63, 3.8) is 0 Å². The van der Waals surface area contributed by atoms with Gasteiger partial charge in [0.25, 0.3) is 0 Å². The molecule has 6 heteroatoms. The average Bonchev–Trinajstić information content (AvgIpc) is 3.11. The molecule has 0 atom stereocenters. The summed E-state index contributed by atoms with van der Waals surface area (Å²) >= 11 is 3.56. The predicted octanol–water partition coefficient (Wildman–Crippen LogP) is 5.83. The first kappa shape index (κ1) is 19.3. The Kier molecular flexibility index (Phi) is 6.37. The largest absolute Gasteiger partial charge is 0.316 e. The van der Waals surface area contributed by atoms with Crippen molar-refractivity contribution in [3.05, 3.63) is 68.7 Å². The Hall–Kier alpha value is -2.50. The van der Waals surface area contributed by atoms with Crippen molar-refractivity contribution < 1.29 is 4.79 Å². The van der Waals surface area contributed by atoms with Gasteiger partial charge in [0, 0.05) is 15.6 Å². The number of carbonyl (C=O) groups is 1. The average molecular weight is 485 g/mol. The molecule has 134 valence electrons. The second-order valence-electron chi connectivity index (χ2n) is 5.69. The van der Waals surface area contributed by atoms with E-state index < -0.39 is 0 Å². The van der Waals surface area contributed by atoms with Crippen molar-refractivity contribution in [1.82, 2.24) is 4.98 Å². The number of rotatable bonds is 5. The number of hydrogen-bond acceptors (Lipinski definition) is 4. The van der Waals surface area contributed by atoms with E-state index in [2.05, 4.69) is 39.0 Å². The number of nitriles is 1. The molecule has 1 N–H and O–H groups in total. The Morgan fingerprint density at radius 1 is 1.22 bits per heavy atom. The minimum atomic E-state index is -0.0810. The summed E-state index contributed by atoms with van der Waals surface area (Å²) < 4.78 is 1.13. The van der Waals surface area contributed by atoms with E-state index >= 15 is 0 Å². The summed E-state index contributed by atoms with van der Waals surface area (Å²) in [5.74, 6) is -0.0810. The van der Waals surface area contributed by atoms with Gasteiger partial charge in [-0.15, -0.1) is 0 Å². The number of aromatic nitrogens is 1. The molecular weight excluding hydrogens is 469 g/mol. The second kappa shape index (κ2) is 8.93. The first-order valence-corrected chi connectivity index (χ1v) is 10.2. The first-order valence-electron chi connectivity index (χ1n) is 8.34. The van der Waals surface area contributed by atoms with E-state index in [1.807, 2.05) is 60.7 Å². The molecule has 27 heavy (non-hydrogen) atoms. The van der Waals surface area contributed by atoms with Crippen molar-refractivity contribution in [2.45, 2.75) is 13.3 Å². The van der Waals surface area contributed by atoms with Gasteiger partial charge in [-0.25, -0.2) is 4.98 Å². The zero-order valence-electron chi connectivity index (χ0n) is 14.6. The Labute approximate surface area is 175 Å². The molecule has 0 saturated carbocycles. The summed E-state index contributed by atoms with van der Waals surface area (Å²) in [6.45, 7) is 1.80. The van der Waals surface area contributed by atoms with Crippen LogP contribution in [-0.2, 0) is 4.79 Å². The van der Waals surface area contributed by atoms with E-state index in [0.29, 0.717) is 27.7 Å². The van der Waals surface area contributed by atoms with Gasteiger partial charge in [-0.3, -0.25) is 4.79 Å². The summed E-state index contributed by atoms with van der Waals surface area (Å²) in [4.78, 5) is 16.6. The monoisotopic (exact) mass is 485 g/mol. The number of halogens is 1. The van der Waals surface area contributed by atoms with E-state index in [9.17, 15) is 10.1 Å². The van der Waals surface area contributed by atoms with Crippen molar-refractivity contribution in [1.29, 1.82) is 5.26 Å². The van der Waals surface area contributed by atoms with Crippen LogP contribution in [0.1, 0.15) is 23.9 Å². The van der Waals surface area contributed by atoms with Gasteiger partial charge in [0.15, 0.2) is 0 Å². The van der Waals surface area contributed by atoms with Crippen molar-refractivity contribution in [3.8, 4) is 17.3 Å². The summed E-state index contributed by atoms with van der Waals surface area (Å²) in [5, 5.41) is 13.8. The summed E-state index contributed by atoms with van der Waals surface area (Å²) in [6.07, 6.45) is 2.19. The lowest BCUT2D eigenvalue weighted by molar-refractivity contribution is -0.115. The van der Waals surface area contributed by atoms with Gasteiger partial charge in [0.05, 0.1) is 5.57 Å². The van der Waals surface area contributed by atoms with Gasteiger partial charge in [-0.1, -0.05) is 60.7 Å². The van der Waals surface area contributed by atoms with Crippen LogP contribution in [0.3, 0.4) is 0 Å². The van der Waals surface area contributed by atoms with Gasteiger partial charge in [0.2, 0.25) is 5.91 Å². The molecule has 4 nitrogen and oxygen atoms in total. The highest BCUT2D eigenvalue weighted by atomic mass is 127. The van der Waals surface area contributed by atoms with Crippen molar-refractivity contribution in [2.75, 3.05) is 5.32 Å². The molecule has 0 aliphatic heterocycles. The van der Waals surface area contributed by atoms with Crippen LogP contribution in [0.4, 0.5) is 5.00 Å². The summed E-state index contributed by atoms with van der Waals surface area (Å²) in [7, 11) is 0. The molecule has 0 aliphatic carbocycles. The zero-order valence-corrected chi connectivity index (χ0v) is 17.5. The zero-order chi connectivity index (χ0) is 19.2. The third-order valence-electron chi connectivity index (χ3n) is 3.78. The van der Waals surface area contributed by atoms with Gasteiger partial charge < -0.3 is 5.32 Å². The minimum absolute atomic E-state index is 0.0810. The normalized spacial score (nSPS) is 11.1. The van der Waals surface area contributed by atoms with Crippen LogP contribution < -0.4 is 5.32 Å². The Morgan fingerprint density at radius 3 is 2.56 bits per heavy atom. The fourth-order valence-corrected chi connectivity index (χ4v) is 3.72. The smallest absolute Gasteiger partial charge is 0.224 e. The number of nitrogens with zero attached hydrogens (tertiary/aromatic N) is 2.